The van der Waals surface area contributed by atoms with Crippen LogP contribution in [-0.4, -0.2) is 26.3 Å². The summed E-state index contributed by atoms with van der Waals surface area (Å²) >= 11 is 0. The lowest BCUT2D eigenvalue weighted by Crippen LogP contribution is -2.19. The molecule has 8 nitrogen and oxygen atoms in total. The summed E-state index contributed by atoms with van der Waals surface area (Å²) in [7, 11) is 3.39. The van der Waals surface area contributed by atoms with E-state index in [1.54, 1.807) is 37.2 Å². The van der Waals surface area contributed by atoms with Crippen molar-refractivity contribution in [3.8, 4) is 11.1 Å². The predicted molar refractivity (Wildman–Crippen MR) is 112 cm³/mol. The first kappa shape index (κ1) is 19.3. The summed E-state index contributed by atoms with van der Waals surface area (Å²) in [5, 5.41) is 19.2. The molecule has 30 heavy (non-hydrogen) atoms. The maximum Gasteiger partial charge on any atom is 0.305 e. The smallest absolute Gasteiger partial charge is 0.305 e. The Labute approximate surface area is 170 Å². The van der Waals surface area contributed by atoms with Crippen molar-refractivity contribution >= 4 is 22.3 Å². The quantitative estimate of drug-likeness (QED) is 0.403. The van der Waals surface area contributed by atoms with Gasteiger partial charge in [-0.2, -0.15) is 9.49 Å². The van der Waals surface area contributed by atoms with E-state index in [1.165, 1.54) is 16.7 Å². The molecule has 2 heterocycles. The molecule has 0 aliphatic rings. The van der Waals surface area contributed by atoms with E-state index < -0.39 is 16.4 Å². The number of hydrogen-bond acceptors (Lipinski definition) is 5. The Balaban J connectivity index is 1.76. The highest BCUT2D eigenvalue weighted by Gasteiger charge is 2.15. The Morgan fingerprint density at radius 2 is 1.97 bits per heavy atom. The van der Waals surface area contributed by atoms with E-state index in [0.717, 1.165) is 28.1 Å². The molecule has 152 valence electrons. The fourth-order valence-electron chi connectivity index (χ4n) is 3.39. The van der Waals surface area contributed by atoms with Crippen LogP contribution in [0.4, 0.5) is 15.8 Å². The molecule has 2 aromatic carbocycles. The average Bonchev–Trinajstić information content (AvgIpc) is 3.13. The fourth-order valence-corrected chi connectivity index (χ4v) is 3.39. The highest BCUT2D eigenvalue weighted by molar-refractivity contribution is 5.84. The number of nitro groups is 1. The molecular formula is C21H18FN5O3. The molecule has 0 saturated heterocycles. The summed E-state index contributed by atoms with van der Waals surface area (Å²) in [5.74, 6) is -0.869. The van der Waals surface area contributed by atoms with Crippen LogP contribution in [-0.2, 0) is 13.6 Å². The van der Waals surface area contributed by atoms with Crippen LogP contribution in [0.1, 0.15) is 5.56 Å². The lowest BCUT2D eigenvalue weighted by molar-refractivity contribution is -0.387. The van der Waals surface area contributed by atoms with Crippen LogP contribution >= 0.6 is 0 Å². The van der Waals surface area contributed by atoms with Crippen molar-refractivity contribution in [1.29, 1.82) is 0 Å². The zero-order valence-electron chi connectivity index (χ0n) is 16.3. The number of rotatable bonds is 5. The molecule has 9 heteroatoms. The largest absolute Gasteiger partial charge is 0.384 e. The highest BCUT2D eigenvalue weighted by atomic mass is 19.1. The summed E-state index contributed by atoms with van der Waals surface area (Å²) < 4.78 is 16.8. The van der Waals surface area contributed by atoms with Crippen molar-refractivity contribution < 1.29 is 9.31 Å². The number of anilines is 1. The van der Waals surface area contributed by atoms with Crippen molar-refractivity contribution in [1.82, 2.24) is 14.3 Å². The highest BCUT2D eigenvalue weighted by Crippen LogP contribution is 2.26. The maximum absolute atomic E-state index is 13.6. The van der Waals surface area contributed by atoms with Gasteiger partial charge in [0.1, 0.15) is 5.69 Å². The number of nitro benzene ring substituents is 1. The molecule has 4 rings (SSSR count). The SMILES string of the molecule is CNc1cc(-c2ccc3cnn(Cc4ccc(F)c([N+](=O)[O-])c4)c3c2)cn(C)c1=O. The van der Waals surface area contributed by atoms with Gasteiger partial charge in [0.05, 0.1) is 23.2 Å². The van der Waals surface area contributed by atoms with Gasteiger partial charge in [0, 0.05) is 37.3 Å². The minimum absolute atomic E-state index is 0.120. The Morgan fingerprint density at radius 1 is 1.17 bits per heavy atom. The molecule has 0 aliphatic heterocycles. The van der Waals surface area contributed by atoms with Gasteiger partial charge in [-0.3, -0.25) is 19.6 Å². The van der Waals surface area contributed by atoms with E-state index in [2.05, 4.69) is 10.4 Å². The number of nitrogens with zero attached hydrogens (tertiary/aromatic N) is 4. The zero-order chi connectivity index (χ0) is 21.4. The molecule has 1 N–H and O–H groups in total. The zero-order valence-corrected chi connectivity index (χ0v) is 16.3. The van der Waals surface area contributed by atoms with Crippen molar-refractivity contribution in [2.45, 2.75) is 6.54 Å². The standard InChI is InChI=1S/C21H18FN5O3/c1-23-18-8-16(12-25(2)21(18)28)14-4-5-15-10-24-26(19(15)9-14)11-13-3-6-17(22)20(7-13)27(29)30/h3-10,12,23H,11H2,1-2H3. The molecule has 0 saturated carbocycles. The van der Waals surface area contributed by atoms with Crippen LogP contribution in [0.15, 0.2) is 59.7 Å². The lowest BCUT2D eigenvalue weighted by Gasteiger charge is -2.10. The molecule has 0 aliphatic carbocycles. The second kappa shape index (κ2) is 7.43. The second-order valence-electron chi connectivity index (χ2n) is 6.93. The van der Waals surface area contributed by atoms with E-state index in [-0.39, 0.29) is 12.1 Å². The summed E-state index contributed by atoms with van der Waals surface area (Å²) in [6.45, 7) is 0.253. The van der Waals surface area contributed by atoms with Crippen LogP contribution in [0.2, 0.25) is 0 Å². The molecule has 4 aromatic rings. The second-order valence-corrected chi connectivity index (χ2v) is 6.93. The number of aryl methyl sites for hydroxylation is 1. The van der Waals surface area contributed by atoms with E-state index in [0.29, 0.717) is 11.3 Å². The number of aromatic nitrogens is 3. The van der Waals surface area contributed by atoms with E-state index in [1.807, 2.05) is 18.2 Å². The van der Waals surface area contributed by atoms with E-state index in [4.69, 9.17) is 0 Å². The first-order valence-corrected chi connectivity index (χ1v) is 9.14. The summed E-state index contributed by atoms with van der Waals surface area (Å²) in [6, 6.07) is 11.4. The Morgan fingerprint density at radius 3 is 2.70 bits per heavy atom. The maximum atomic E-state index is 13.6. The van der Waals surface area contributed by atoms with Gasteiger partial charge < -0.3 is 9.88 Å². The number of halogens is 1. The number of pyridine rings is 1. The lowest BCUT2D eigenvalue weighted by atomic mass is 10.1. The molecule has 0 amide bonds. The Bertz CT molecular complexity index is 1340. The summed E-state index contributed by atoms with van der Waals surface area (Å²) in [6.07, 6.45) is 3.46. The fraction of sp³-hybridized carbons (Fsp3) is 0.143. The number of nitrogens with one attached hydrogen (secondary N) is 1. The van der Waals surface area contributed by atoms with Gasteiger partial charge in [0.25, 0.3) is 5.56 Å². The number of benzene rings is 2. The van der Waals surface area contributed by atoms with Crippen LogP contribution < -0.4 is 10.9 Å². The van der Waals surface area contributed by atoms with Gasteiger partial charge in [-0.15, -0.1) is 0 Å². The van der Waals surface area contributed by atoms with Crippen LogP contribution in [0, 0.1) is 15.9 Å². The summed E-state index contributed by atoms with van der Waals surface area (Å²) in [5.41, 5.74) is 2.94. The topological polar surface area (TPSA) is 95.0 Å². The third-order valence-electron chi connectivity index (χ3n) is 4.97. The minimum Gasteiger partial charge on any atom is -0.384 e. The molecule has 0 atom stereocenters. The molecular weight excluding hydrogens is 389 g/mol. The van der Waals surface area contributed by atoms with Gasteiger partial charge in [-0.05, 0) is 29.3 Å². The van der Waals surface area contributed by atoms with Gasteiger partial charge in [-0.1, -0.05) is 18.2 Å². The van der Waals surface area contributed by atoms with Crippen molar-refractivity contribution in [2.24, 2.45) is 7.05 Å². The third kappa shape index (κ3) is 3.41. The van der Waals surface area contributed by atoms with E-state index in [9.17, 15) is 19.3 Å². The molecule has 0 spiro atoms. The minimum atomic E-state index is -0.869. The normalized spacial score (nSPS) is 11.0. The summed E-state index contributed by atoms with van der Waals surface area (Å²) in [4.78, 5) is 22.4. The first-order valence-electron chi connectivity index (χ1n) is 9.14. The van der Waals surface area contributed by atoms with Gasteiger partial charge in [0.2, 0.25) is 5.82 Å². The van der Waals surface area contributed by atoms with Crippen LogP contribution in [0.25, 0.3) is 22.0 Å². The molecule has 0 bridgehead atoms. The average molecular weight is 407 g/mol. The molecule has 0 unspecified atom stereocenters. The Hall–Kier alpha value is -4.01. The molecule has 0 radical (unpaired) electrons. The van der Waals surface area contributed by atoms with Crippen molar-refractivity contribution in [2.75, 3.05) is 12.4 Å². The van der Waals surface area contributed by atoms with Crippen LogP contribution in [0.3, 0.4) is 0 Å². The predicted octanol–water partition coefficient (Wildman–Crippen LogP) is 3.54. The van der Waals surface area contributed by atoms with Gasteiger partial charge in [0.15, 0.2) is 0 Å². The first-order chi connectivity index (χ1) is 14.4. The van der Waals surface area contributed by atoms with Crippen molar-refractivity contribution in [3.63, 3.8) is 0 Å². The van der Waals surface area contributed by atoms with Crippen molar-refractivity contribution in [3.05, 3.63) is 86.7 Å². The van der Waals surface area contributed by atoms with Gasteiger partial charge >= 0.3 is 5.69 Å². The molecule has 0 fully saturated rings. The molecule has 2 aromatic heterocycles. The Kier molecular flexibility index (Phi) is 4.78. The van der Waals surface area contributed by atoms with Crippen LogP contribution in [0.5, 0.6) is 0 Å². The van der Waals surface area contributed by atoms with Gasteiger partial charge in [-0.25, -0.2) is 0 Å². The van der Waals surface area contributed by atoms with E-state index >= 15 is 0 Å². The number of fused-ring (bicyclic) bond motifs is 1. The third-order valence-corrected chi connectivity index (χ3v) is 4.97. The number of hydrogen-bond donors (Lipinski definition) is 1. The monoisotopic (exact) mass is 407 g/mol.